The van der Waals surface area contributed by atoms with Gasteiger partial charge < -0.3 is 9.47 Å². The highest BCUT2D eigenvalue weighted by atomic mass is 127. The van der Waals surface area contributed by atoms with E-state index in [1.807, 2.05) is 6.07 Å². The van der Waals surface area contributed by atoms with Gasteiger partial charge in [-0.25, -0.2) is 0 Å². The lowest BCUT2D eigenvalue weighted by Gasteiger charge is -2.37. The molecule has 128 valence electrons. The Hall–Kier alpha value is -1.23. The number of ether oxygens (including phenoxy) is 2. The number of fused-ring (bicyclic) bond motifs is 1. The molecule has 0 fully saturated rings. The summed E-state index contributed by atoms with van der Waals surface area (Å²) in [6, 6.07) is 10.3. The highest BCUT2D eigenvalue weighted by Crippen LogP contribution is 2.44. The third kappa shape index (κ3) is 3.28. The summed E-state index contributed by atoms with van der Waals surface area (Å²) >= 11 is 2.43. The van der Waals surface area contributed by atoms with Gasteiger partial charge in [-0.15, -0.1) is 0 Å². The van der Waals surface area contributed by atoms with Gasteiger partial charge >= 0.3 is 0 Å². The number of rotatable bonds is 4. The molecule has 2 nitrogen and oxygen atoms in total. The molecule has 1 atom stereocenters. The smallest absolute Gasteiger partial charge is 0.127 e. The highest BCUT2D eigenvalue weighted by Gasteiger charge is 2.33. The van der Waals surface area contributed by atoms with E-state index in [0.29, 0.717) is 6.61 Å². The maximum atomic E-state index is 6.42. The zero-order valence-electron chi connectivity index (χ0n) is 14.9. The standard InChI is InChI=1S/C21H25IO2/c1-14-15(2)20-18(10-11-21(4,13-22)24-20)16(3)19(14)23-12-17-8-6-5-7-9-17/h5-9H,10-13H2,1-4H3. The molecule has 1 unspecified atom stereocenters. The summed E-state index contributed by atoms with van der Waals surface area (Å²) < 4.78 is 13.6. The van der Waals surface area contributed by atoms with Gasteiger partial charge in [0.2, 0.25) is 0 Å². The summed E-state index contributed by atoms with van der Waals surface area (Å²) in [5, 5.41) is 0. The van der Waals surface area contributed by atoms with E-state index in [1.165, 1.54) is 27.8 Å². The van der Waals surface area contributed by atoms with Gasteiger partial charge in [-0.1, -0.05) is 52.9 Å². The third-order valence-electron chi connectivity index (χ3n) is 5.07. The van der Waals surface area contributed by atoms with E-state index in [-0.39, 0.29) is 5.60 Å². The molecule has 3 rings (SSSR count). The van der Waals surface area contributed by atoms with Crippen LogP contribution in [0.2, 0.25) is 0 Å². The van der Waals surface area contributed by atoms with Gasteiger partial charge in [0, 0.05) is 9.99 Å². The van der Waals surface area contributed by atoms with Crippen molar-refractivity contribution in [3.05, 3.63) is 58.1 Å². The molecular formula is C21H25IO2. The largest absolute Gasteiger partial charge is 0.488 e. The minimum atomic E-state index is -0.0520. The highest BCUT2D eigenvalue weighted by molar-refractivity contribution is 14.1. The average molecular weight is 436 g/mol. The molecule has 2 aromatic rings. The molecular weight excluding hydrogens is 411 g/mol. The SMILES string of the molecule is Cc1c(C)c2c(c(C)c1OCc1ccccc1)CCC(C)(CI)O2. The second-order valence-corrected chi connectivity index (χ2v) is 7.73. The number of hydrogen-bond acceptors (Lipinski definition) is 2. The summed E-state index contributed by atoms with van der Waals surface area (Å²) in [5.74, 6) is 2.11. The number of halogens is 1. The van der Waals surface area contributed by atoms with E-state index in [9.17, 15) is 0 Å². The fourth-order valence-electron chi connectivity index (χ4n) is 3.32. The van der Waals surface area contributed by atoms with Gasteiger partial charge in [-0.05, 0) is 62.8 Å². The third-order valence-corrected chi connectivity index (χ3v) is 6.69. The minimum Gasteiger partial charge on any atom is -0.488 e. The molecule has 1 heterocycles. The van der Waals surface area contributed by atoms with Gasteiger partial charge in [0.1, 0.15) is 23.7 Å². The van der Waals surface area contributed by atoms with Crippen LogP contribution in [0.15, 0.2) is 30.3 Å². The predicted octanol–water partition coefficient (Wildman–Crippen LogP) is 5.71. The molecule has 0 N–H and O–H groups in total. The fraction of sp³-hybridized carbons (Fsp3) is 0.429. The summed E-state index contributed by atoms with van der Waals surface area (Å²) in [4.78, 5) is 0. The quantitative estimate of drug-likeness (QED) is 0.452. The van der Waals surface area contributed by atoms with Gasteiger partial charge in [-0.3, -0.25) is 0 Å². The fourth-order valence-corrected chi connectivity index (χ4v) is 3.86. The number of hydrogen-bond donors (Lipinski definition) is 0. The van der Waals surface area contributed by atoms with Gasteiger partial charge in [0.05, 0.1) is 0 Å². The van der Waals surface area contributed by atoms with Crippen molar-refractivity contribution in [1.82, 2.24) is 0 Å². The Morgan fingerprint density at radius 1 is 1.08 bits per heavy atom. The van der Waals surface area contributed by atoms with Crippen LogP contribution >= 0.6 is 22.6 Å². The Morgan fingerprint density at radius 3 is 2.46 bits per heavy atom. The molecule has 0 amide bonds. The van der Waals surface area contributed by atoms with Crippen molar-refractivity contribution in [3.8, 4) is 11.5 Å². The Labute approximate surface area is 158 Å². The van der Waals surface area contributed by atoms with E-state index in [0.717, 1.165) is 28.8 Å². The van der Waals surface area contributed by atoms with Crippen molar-refractivity contribution in [2.24, 2.45) is 0 Å². The van der Waals surface area contributed by atoms with Crippen LogP contribution in [0.25, 0.3) is 0 Å². The van der Waals surface area contributed by atoms with Crippen LogP contribution in [0.5, 0.6) is 11.5 Å². The topological polar surface area (TPSA) is 18.5 Å². The van der Waals surface area contributed by atoms with Crippen molar-refractivity contribution in [1.29, 1.82) is 0 Å². The van der Waals surface area contributed by atoms with E-state index >= 15 is 0 Å². The van der Waals surface area contributed by atoms with Crippen LogP contribution in [0.3, 0.4) is 0 Å². The van der Waals surface area contributed by atoms with Crippen molar-refractivity contribution < 1.29 is 9.47 Å². The van der Waals surface area contributed by atoms with Crippen molar-refractivity contribution in [3.63, 3.8) is 0 Å². The first-order valence-electron chi connectivity index (χ1n) is 8.49. The molecule has 1 aliphatic rings. The lowest BCUT2D eigenvalue weighted by Crippen LogP contribution is -2.38. The van der Waals surface area contributed by atoms with Crippen LogP contribution < -0.4 is 9.47 Å². The van der Waals surface area contributed by atoms with E-state index in [4.69, 9.17) is 9.47 Å². The van der Waals surface area contributed by atoms with E-state index < -0.39 is 0 Å². The lowest BCUT2D eigenvalue weighted by molar-refractivity contribution is 0.0908. The van der Waals surface area contributed by atoms with Crippen LogP contribution in [-0.4, -0.2) is 10.0 Å². The second kappa shape index (κ2) is 6.95. The normalized spacial score (nSPS) is 19.5. The maximum Gasteiger partial charge on any atom is 0.127 e. The second-order valence-electron chi connectivity index (χ2n) is 6.97. The van der Waals surface area contributed by atoms with Gasteiger partial charge in [0.15, 0.2) is 0 Å². The molecule has 0 aromatic heterocycles. The van der Waals surface area contributed by atoms with Crippen LogP contribution in [0, 0.1) is 20.8 Å². The maximum absolute atomic E-state index is 6.42. The van der Waals surface area contributed by atoms with Crippen molar-refractivity contribution in [2.75, 3.05) is 4.43 Å². The first-order chi connectivity index (χ1) is 11.4. The number of benzene rings is 2. The van der Waals surface area contributed by atoms with Crippen LogP contribution in [0.1, 0.15) is 41.2 Å². The monoisotopic (exact) mass is 436 g/mol. The molecule has 24 heavy (non-hydrogen) atoms. The molecule has 0 aliphatic carbocycles. The Bertz CT molecular complexity index is 739. The average Bonchev–Trinajstić information content (AvgIpc) is 2.60. The van der Waals surface area contributed by atoms with Crippen LogP contribution in [-0.2, 0) is 13.0 Å². The van der Waals surface area contributed by atoms with Crippen LogP contribution in [0.4, 0.5) is 0 Å². The van der Waals surface area contributed by atoms with Gasteiger partial charge in [-0.2, -0.15) is 0 Å². The van der Waals surface area contributed by atoms with E-state index in [1.54, 1.807) is 0 Å². The summed E-state index contributed by atoms with van der Waals surface area (Å²) in [7, 11) is 0. The summed E-state index contributed by atoms with van der Waals surface area (Å²) in [5.41, 5.74) is 6.11. The lowest BCUT2D eigenvalue weighted by atomic mass is 9.88. The van der Waals surface area contributed by atoms with Crippen molar-refractivity contribution >= 4 is 22.6 Å². The number of alkyl halides is 1. The molecule has 3 heteroatoms. The molecule has 0 radical (unpaired) electrons. The molecule has 0 saturated carbocycles. The predicted molar refractivity (Wildman–Crippen MR) is 108 cm³/mol. The van der Waals surface area contributed by atoms with Gasteiger partial charge in [0.25, 0.3) is 0 Å². The molecule has 0 saturated heterocycles. The zero-order chi connectivity index (χ0) is 17.3. The molecule has 0 spiro atoms. The first-order valence-corrected chi connectivity index (χ1v) is 10.0. The molecule has 1 aliphatic heterocycles. The summed E-state index contributed by atoms with van der Waals surface area (Å²) in [6.07, 6.45) is 2.12. The van der Waals surface area contributed by atoms with E-state index in [2.05, 4.69) is 74.6 Å². The summed E-state index contributed by atoms with van der Waals surface area (Å²) in [6.45, 7) is 9.28. The Kier molecular flexibility index (Phi) is 5.09. The first kappa shape index (κ1) is 17.6. The Balaban J connectivity index is 1.94. The van der Waals surface area contributed by atoms with Crippen molar-refractivity contribution in [2.45, 2.75) is 52.7 Å². The zero-order valence-corrected chi connectivity index (χ0v) is 17.1. The Morgan fingerprint density at radius 2 is 1.79 bits per heavy atom. The minimum absolute atomic E-state index is 0.0520. The molecule has 0 bridgehead atoms. The molecule has 2 aromatic carbocycles.